The highest BCUT2D eigenvalue weighted by Crippen LogP contribution is 2.30. The number of aromatic nitrogens is 5. The Hall–Kier alpha value is -5.32. The van der Waals surface area contributed by atoms with Gasteiger partial charge in [-0.1, -0.05) is 54.6 Å². The molecule has 0 spiro atoms. The summed E-state index contributed by atoms with van der Waals surface area (Å²) in [6.45, 7) is 4.57. The van der Waals surface area contributed by atoms with Crippen LogP contribution in [0, 0.1) is 11.3 Å². The summed E-state index contributed by atoms with van der Waals surface area (Å²) in [5, 5.41) is 17.9. The second-order valence-corrected chi connectivity index (χ2v) is 9.82. The number of alkyl halides is 3. The highest BCUT2D eigenvalue weighted by molar-refractivity contribution is 5.71. The van der Waals surface area contributed by atoms with Crippen molar-refractivity contribution in [2.75, 3.05) is 0 Å². The molecule has 0 saturated heterocycles. The molecule has 43 heavy (non-hydrogen) atoms. The van der Waals surface area contributed by atoms with Crippen LogP contribution in [0.15, 0.2) is 66.9 Å². The zero-order valence-electron chi connectivity index (χ0n) is 23.2. The smallest absolute Gasteiger partial charge is 0.461 e. The first-order valence-electron chi connectivity index (χ1n) is 12.8. The molecule has 1 unspecified atom stereocenters. The minimum atomic E-state index is -4.62. The molecular formula is C29H25F3N6O5. The van der Waals surface area contributed by atoms with Gasteiger partial charge in [0.25, 0.3) is 0 Å². The molecule has 0 amide bonds. The summed E-state index contributed by atoms with van der Waals surface area (Å²) in [6, 6.07) is 17.8. The third kappa shape index (κ3) is 8.13. The van der Waals surface area contributed by atoms with Crippen molar-refractivity contribution in [3.8, 4) is 28.7 Å². The van der Waals surface area contributed by atoms with Crippen molar-refractivity contribution in [1.82, 2.24) is 25.0 Å². The highest BCUT2D eigenvalue weighted by atomic mass is 19.4. The number of ether oxygens (including phenoxy) is 3. The van der Waals surface area contributed by atoms with Gasteiger partial charge in [-0.3, -0.25) is 4.79 Å². The second kappa shape index (κ2) is 12.7. The van der Waals surface area contributed by atoms with E-state index in [0.29, 0.717) is 11.1 Å². The highest BCUT2D eigenvalue weighted by Gasteiger charge is 2.33. The number of nitrogens with zero attached hydrogens (tertiary/aromatic N) is 6. The van der Waals surface area contributed by atoms with Gasteiger partial charge in [-0.25, -0.2) is 14.8 Å². The quantitative estimate of drug-likeness (QED) is 0.216. The van der Waals surface area contributed by atoms with E-state index in [9.17, 15) is 28.0 Å². The van der Waals surface area contributed by atoms with Crippen LogP contribution < -0.4 is 0 Å². The number of carbonyl (C=O) groups excluding carboxylic acids is 2. The second-order valence-electron chi connectivity index (χ2n) is 9.82. The standard InChI is InChI=1S/C29H25F3N6O5/c1-18(42-27(40)43-28(2,3)15-24(39)41-17-19-7-5-4-6-8-19)38-36-22(16-33)25(37-38)20-9-11-21(12-10-20)26-34-14-13-23(35-26)29(30,31)32/h4-14,18H,15,17H2,1-3H3. The number of carbonyl (C=O) groups is 2. The molecule has 222 valence electrons. The van der Waals surface area contributed by atoms with Gasteiger partial charge >= 0.3 is 18.3 Å². The summed E-state index contributed by atoms with van der Waals surface area (Å²) in [5.41, 5.74) is -0.731. The van der Waals surface area contributed by atoms with Gasteiger partial charge in [0.15, 0.2) is 11.5 Å². The Bertz CT molecular complexity index is 1630. The SMILES string of the molecule is CC(OC(=O)OC(C)(C)CC(=O)OCc1ccccc1)n1nc(C#N)c(-c2ccc(-c3nccc(C(F)(F)F)n3)cc2)n1. The number of benzene rings is 2. The van der Waals surface area contributed by atoms with Gasteiger partial charge in [0.1, 0.15) is 29.7 Å². The molecule has 11 nitrogen and oxygen atoms in total. The van der Waals surface area contributed by atoms with Crippen LogP contribution in [0.25, 0.3) is 22.6 Å². The normalized spacial score (nSPS) is 12.2. The lowest BCUT2D eigenvalue weighted by Crippen LogP contribution is -2.33. The minimum Gasteiger partial charge on any atom is -0.461 e. The molecule has 4 rings (SSSR count). The molecule has 0 aliphatic heterocycles. The van der Waals surface area contributed by atoms with E-state index in [4.69, 9.17) is 14.2 Å². The lowest BCUT2D eigenvalue weighted by atomic mass is 10.1. The van der Waals surface area contributed by atoms with Crippen LogP contribution in [-0.2, 0) is 31.8 Å². The van der Waals surface area contributed by atoms with Gasteiger partial charge in [-0.15, -0.1) is 15.0 Å². The molecule has 0 N–H and O–H groups in total. The maximum atomic E-state index is 13.0. The summed E-state index contributed by atoms with van der Waals surface area (Å²) < 4.78 is 54.8. The van der Waals surface area contributed by atoms with Crippen LogP contribution in [0.2, 0.25) is 0 Å². The lowest BCUT2D eigenvalue weighted by molar-refractivity contribution is -0.150. The van der Waals surface area contributed by atoms with Crippen LogP contribution >= 0.6 is 0 Å². The summed E-state index contributed by atoms with van der Waals surface area (Å²) in [5.74, 6) is -0.698. The number of hydrogen-bond acceptors (Lipinski definition) is 10. The zero-order valence-corrected chi connectivity index (χ0v) is 23.2. The molecule has 0 aliphatic carbocycles. The van der Waals surface area contributed by atoms with Crippen LogP contribution in [-0.4, -0.2) is 42.7 Å². The predicted molar refractivity (Wildman–Crippen MR) is 143 cm³/mol. The number of esters is 1. The van der Waals surface area contributed by atoms with E-state index < -0.39 is 35.8 Å². The first kappa shape index (κ1) is 30.6. The van der Waals surface area contributed by atoms with Crippen molar-refractivity contribution in [2.24, 2.45) is 0 Å². The van der Waals surface area contributed by atoms with Crippen molar-refractivity contribution in [2.45, 2.75) is 51.8 Å². The van der Waals surface area contributed by atoms with Gasteiger partial charge in [0.2, 0.25) is 6.23 Å². The predicted octanol–water partition coefficient (Wildman–Crippen LogP) is 5.88. The van der Waals surface area contributed by atoms with E-state index in [0.717, 1.165) is 22.6 Å². The Kier molecular flexibility index (Phi) is 9.03. The zero-order chi connectivity index (χ0) is 31.2. The maximum Gasteiger partial charge on any atom is 0.510 e. The Morgan fingerprint density at radius 1 is 1.00 bits per heavy atom. The first-order valence-corrected chi connectivity index (χ1v) is 12.8. The van der Waals surface area contributed by atoms with Gasteiger partial charge in [0, 0.05) is 17.3 Å². The van der Waals surface area contributed by atoms with E-state index in [1.54, 1.807) is 0 Å². The first-order chi connectivity index (χ1) is 20.3. The van der Waals surface area contributed by atoms with Gasteiger partial charge in [-0.2, -0.15) is 18.4 Å². The number of hydrogen-bond donors (Lipinski definition) is 0. The summed E-state index contributed by atoms with van der Waals surface area (Å²) >= 11 is 0. The Morgan fingerprint density at radius 3 is 2.33 bits per heavy atom. The van der Waals surface area contributed by atoms with Crippen molar-refractivity contribution < 1.29 is 37.0 Å². The fourth-order valence-corrected chi connectivity index (χ4v) is 3.80. The third-order valence-corrected chi connectivity index (χ3v) is 5.86. The minimum absolute atomic E-state index is 0.0769. The number of rotatable bonds is 9. The summed E-state index contributed by atoms with van der Waals surface area (Å²) in [7, 11) is 0. The van der Waals surface area contributed by atoms with Crippen LogP contribution in [0.4, 0.5) is 18.0 Å². The van der Waals surface area contributed by atoms with E-state index in [1.807, 2.05) is 36.4 Å². The average Bonchev–Trinajstić information content (AvgIpc) is 3.41. The number of nitriles is 1. The molecule has 4 aromatic rings. The van der Waals surface area contributed by atoms with Crippen LogP contribution in [0.1, 0.15) is 50.4 Å². The molecule has 2 aromatic carbocycles. The summed E-state index contributed by atoms with van der Waals surface area (Å²) in [6.07, 6.45) is -6.03. The van der Waals surface area contributed by atoms with Gasteiger partial charge in [0.05, 0.1) is 6.42 Å². The molecule has 1 atom stereocenters. The monoisotopic (exact) mass is 594 g/mol. The summed E-state index contributed by atoms with van der Waals surface area (Å²) in [4.78, 5) is 33.2. The Balaban J connectivity index is 1.38. The van der Waals surface area contributed by atoms with Gasteiger partial charge < -0.3 is 14.2 Å². The Labute approximate surface area is 243 Å². The fourth-order valence-electron chi connectivity index (χ4n) is 3.80. The Morgan fingerprint density at radius 2 is 1.67 bits per heavy atom. The van der Waals surface area contributed by atoms with Crippen molar-refractivity contribution >= 4 is 12.1 Å². The van der Waals surface area contributed by atoms with E-state index in [-0.39, 0.29) is 30.2 Å². The molecular weight excluding hydrogens is 569 g/mol. The van der Waals surface area contributed by atoms with Crippen LogP contribution in [0.5, 0.6) is 0 Å². The van der Waals surface area contributed by atoms with E-state index in [1.165, 1.54) is 45.0 Å². The van der Waals surface area contributed by atoms with Gasteiger partial charge in [-0.05, 0) is 32.4 Å². The van der Waals surface area contributed by atoms with Crippen molar-refractivity contribution in [3.05, 3.63) is 83.8 Å². The van der Waals surface area contributed by atoms with E-state index in [2.05, 4.69) is 20.2 Å². The average molecular weight is 595 g/mol. The molecule has 2 aromatic heterocycles. The fraction of sp³-hybridized carbons (Fsp3) is 0.276. The molecule has 2 heterocycles. The van der Waals surface area contributed by atoms with Crippen molar-refractivity contribution in [1.29, 1.82) is 5.26 Å². The number of halogens is 3. The molecule has 14 heteroatoms. The molecule has 0 radical (unpaired) electrons. The maximum absolute atomic E-state index is 13.0. The molecule has 0 fully saturated rings. The third-order valence-electron chi connectivity index (χ3n) is 5.86. The molecule has 0 saturated carbocycles. The molecule has 0 aliphatic rings. The largest absolute Gasteiger partial charge is 0.510 e. The van der Waals surface area contributed by atoms with E-state index >= 15 is 0 Å². The lowest BCUT2D eigenvalue weighted by Gasteiger charge is -2.24. The molecule has 0 bridgehead atoms. The van der Waals surface area contributed by atoms with Crippen LogP contribution in [0.3, 0.4) is 0 Å². The topological polar surface area (TPSA) is 142 Å². The van der Waals surface area contributed by atoms with Crippen molar-refractivity contribution in [3.63, 3.8) is 0 Å².